The quantitative estimate of drug-likeness (QED) is 0.0619. The number of ketones is 1. The molecule has 4 heteroatoms. The monoisotopic (exact) mass is 1270 g/mol. The van der Waals surface area contributed by atoms with Crippen molar-refractivity contribution >= 4 is 22.7 Å². The third-order valence-corrected chi connectivity index (χ3v) is 21.3. The molecule has 1 aliphatic rings. The maximum absolute atomic E-state index is 14.0. The van der Waals surface area contributed by atoms with Crippen LogP contribution in [-0.2, 0) is 4.79 Å². The second-order valence-electron chi connectivity index (χ2n) is 29.9. The van der Waals surface area contributed by atoms with Crippen LogP contribution < -0.4 is 14.9 Å². The fraction of sp³-hybridized carbons (Fsp3) is 0.830. The number of anilines is 2. The van der Waals surface area contributed by atoms with E-state index in [1.807, 2.05) is 0 Å². The van der Waals surface area contributed by atoms with Crippen LogP contribution in [0.1, 0.15) is 456 Å². The molecule has 92 heavy (non-hydrogen) atoms. The van der Waals surface area contributed by atoms with Crippen molar-refractivity contribution in [3.63, 3.8) is 0 Å². The van der Waals surface area contributed by atoms with Crippen molar-refractivity contribution in [2.24, 2.45) is 0 Å². The van der Waals surface area contributed by atoms with Gasteiger partial charge < -0.3 is 14.9 Å². The first-order chi connectivity index (χ1) is 45.5. The first-order valence-electron chi connectivity index (χ1n) is 42.2. The van der Waals surface area contributed by atoms with Crippen LogP contribution in [0.25, 0.3) is 5.57 Å². The lowest BCUT2D eigenvalue weighted by molar-refractivity contribution is -0.310. The SMILES string of the molecule is CCCCCCCCCCCCCCCCCCN(CCCCCCCCCCCCCCCCCC)c1ccc(C2=C([O-])C(c3ccc(N(CCCCCCCCCCCCCCCCCC)CCCCCCCCCCCCCCCCCC)cc3)C2=O)cc1. The Kier molecular flexibility index (Phi) is 57.2. The number of rotatable bonds is 72. The van der Waals surface area contributed by atoms with Gasteiger partial charge in [-0.25, -0.2) is 0 Å². The smallest absolute Gasteiger partial charge is 0.173 e. The van der Waals surface area contributed by atoms with Gasteiger partial charge in [0.2, 0.25) is 0 Å². The summed E-state index contributed by atoms with van der Waals surface area (Å²) in [5, 5.41) is 14.0. The molecule has 3 rings (SSSR count). The van der Waals surface area contributed by atoms with E-state index in [0.717, 1.165) is 37.3 Å². The number of allylic oxidation sites excluding steroid dienone is 2. The summed E-state index contributed by atoms with van der Waals surface area (Å²) in [4.78, 5) is 19.3. The minimum atomic E-state index is -0.672. The van der Waals surface area contributed by atoms with E-state index in [2.05, 4.69) is 86.0 Å². The number of benzene rings is 2. The summed E-state index contributed by atoms with van der Waals surface area (Å²) in [7, 11) is 0. The van der Waals surface area contributed by atoms with Gasteiger partial charge in [0.05, 0.1) is 5.92 Å². The van der Waals surface area contributed by atoms with E-state index < -0.39 is 5.92 Å². The highest BCUT2D eigenvalue weighted by Crippen LogP contribution is 2.42. The first-order valence-corrected chi connectivity index (χ1v) is 42.2. The Morgan fingerprint density at radius 2 is 0.424 bits per heavy atom. The second-order valence-corrected chi connectivity index (χ2v) is 29.9. The zero-order valence-corrected chi connectivity index (χ0v) is 62.5. The van der Waals surface area contributed by atoms with Crippen LogP contribution in [0.2, 0.25) is 0 Å². The molecule has 4 nitrogen and oxygen atoms in total. The highest BCUT2D eigenvalue weighted by molar-refractivity contribution is 6.31. The fourth-order valence-electron chi connectivity index (χ4n) is 14.9. The molecule has 0 N–H and O–H groups in total. The number of Topliss-reactive ketones (excluding diaryl/α,β-unsaturated/α-hetero) is 1. The van der Waals surface area contributed by atoms with E-state index >= 15 is 0 Å². The Labute approximate surface area is 575 Å². The lowest BCUT2D eigenvalue weighted by atomic mass is 9.75. The zero-order valence-electron chi connectivity index (χ0n) is 62.5. The highest BCUT2D eigenvalue weighted by Gasteiger charge is 2.35. The van der Waals surface area contributed by atoms with Crippen molar-refractivity contribution in [1.82, 2.24) is 0 Å². The average molecular weight is 1280 g/mol. The van der Waals surface area contributed by atoms with E-state index in [1.165, 1.54) is 422 Å². The molecule has 0 amide bonds. The Bertz CT molecular complexity index is 1830. The van der Waals surface area contributed by atoms with E-state index in [0.29, 0.717) is 5.57 Å². The Morgan fingerprint density at radius 3 is 0.609 bits per heavy atom. The number of unbranched alkanes of at least 4 members (excludes halogenated alkanes) is 60. The molecule has 0 fully saturated rings. The van der Waals surface area contributed by atoms with E-state index in [-0.39, 0.29) is 11.5 Å². The summed E-state index contributed by atoms with van der Waals surface area (Å²) in [5.74, 6) is -0.687. The Morgan fingerprint density at radius 1 is 0.250 bits per heavy atom. The third-order valence-electron chi connectivity index (χ3n) is 21.3. The predicted molar refractivity (Wildman–Crippen MR) is 410 cm³/mol. The lowest BCUT2D eigenvalue weighted by Gasteiger charge is -2.37. The molecule has 1 atom stereocenters. The maximum atomic E-state index is 14.0. The molecule has 532 valence electrons. The van der Waals surface area contributed by atoms with Gasteiger partial charge in [-0.2, -0.15) is 0 Å². The summed E-state index contributed by atoms with van der Waals surface area (Å²) < 4.78 is 0. The van der Waals surface area contributed by atoms with Crippen molar-refractivity contribution in [3.05, 3.63) is 65.4 Å². The van der Waals surface area contributed by atoms with Crippen LogP contribution >= 0.6 is 0 Å². The minimum absolute atomic E-state index is 0.00752. The van der Waals surface area contributed by atoms with Crippen LogP contribution in [0.3, 0.4) is 0 Å². The van der Waals surface area contributed by atoms with Crippen LogP contribution in [0.15, 0.2) is 54.3 Å². The van der Waals surface area contributed by atoms with Gasteiger partial charge in [0.15, 0.2) is 5.78 Å². The number of carbonyl (C=O) groups is 1. The van der Waals surface area contributed by atoms with Gasteiger partial charge in [-0.05, 0) is 61.1 Å². The molecule has 1 unspecified atom stereocenters. The standard InChI is InChI=1S/C88H158N2O2/c1-5-9-13-17-21-25-29-33-37-41-45-49-53-57-61-65-77-89(78-66-62-58-54-50-46-42-38-34-30-26-22-18-14-10-6-2)83-73-69-81(70-74-83)85-87(91)86(88(85)92)82-71-75-84(76-72-82)90(79-67-63-59-55-51-47-43-39-35-31-27-23-19-15-11-7-3)80-68-64-60-56-52-48-44-40-36-32-28-24-20-16-12-8-4/h69-76,85,91H,5-68,77-80H2,1-4H3/p-1. The molecule has 0 radical (unpaired) electrons. The van der Waals surface area contributed by atoms with Gasteiger partial charge in [-0.1, -0.05) is 437 Å². The van der Waals surface area contributed by atoms with Gasteiger partial charge in [0.25, 0.3) is 0 Å². The molecule has 0 bridgehead atoms. The van der Waals surface area contributed by atoms with Crippen LogP contribution in [0.5, 0.6) is 0 Å². The minimum Gasteiger partial charge on any atom is -0.874 e. The maximum Gasteiger partial charge on any atom is 0.173 e. The van der Waals surface area contributed by atoms with Crippen molar-refractivity contribution in [2.75, 3.05) is 36.0 Å². The summed E-state index contributed by atoms with van der Waals surface area (Å²) in [6, 6.07) is 17.2. The number of hydrogen-bond donors (Lipinski definition) is 0. The molecule has 0 aliphatic heterocycles. The second kappa shape index (κ2) is 63.0. The average Bonchev–Trinajstić information content (AvgIpc) is 0.937. The van der Waals surface area contributed by atoms with Gasteiger partial charge >= 0.3 is 0 Å². The molecule has 2 aromatic rings. The van der Waals surface area contributed by atoms with Gasteiger partial charge in [-0.3, -0.25) is 4.79 Å². The summed E-state index contributed by atoms with van der Waals surface area (Å²) >= 11 is 0. The molecular formula is C88H157N2O2-. The molecule has 1 aliphatic carbocycles. The number of carbonyl (C=O) groups excluding carboxylic acids is 1. The van der Waals surface area contributed by atoms with Gasteiger partial charge in [-0.15, -0.1) is 5.76 Å². The van der Waals surface area contributed by atoms with Crippen molar-refractivity contribution in [2.45, 2.75) is 445 Å². The molecule has 0 saturated carbocycles. The summed E-state index contributed by atoms with van der Waals surface area (Å²) in [5.41, 5.74) is 4.55. The van der Waals surface area contributed by atoms with Crippen LogP contribution in [-0.4, -0.2) is 32.0 Å². The topological polar surface area (TPSA) is 46.6 Å². The van der Waals surface area contributed by atoms with Gasteiger partial charge in [0, 0.05) is 43.1 Å². The van der Waals surface area contributed by atoms with Crippen molar-refractivity contribution < 1.29 is 9.90 Å². The number of hydrogen-bond acceptors (Lipinski definition) is 4. The summed E-state index contributed by atoms with van der Waals surface area (Å²) in [6.45, 7) is 13.6. The van der Waals surface area contributed by atoms with E-state index in [9.17, 15) is 9.90 Å². The lowest BCUT2D eigenvalue weighted by Crippen LogP contribution is -2.35. The zero-order chi connectivity index (χ0) is 65.5. The van der Waals surface area contributed by atoms with Crippen molar-refractivity contribution in [3.8, 4) is 0 Å². The molecule has 0 aromatic heterocycles. The molecule has 0 saturated heterocycles. The third kappa shape index (κ3) is 44.1. The number of nitrogens with zero attached hydrogens (tertiary/aromatic N) is 2. The highest BCUT2D eigenvalue weighted by atomic mass is 16.3. The molecule has 0 heterocycles. The Hall–Kier alpha value is -2.75. The first kappa shape index (κ1) is 83.5. The Balaban J connectivity index is 1.50. The molecular weight excluding hydrogens is 1120 g/mol. The summed E-state index contributed by atoms with van der Waals surface area (Å²) in [6.07, 6.45) is 89.1. The predicted octanol–water partition coefficient (Wildman–Crippen LogP) is 28.8. The molecule has 2 aromatic carbocycles. The van der Waals surface area contributed by atoms with Gasteiger partial charge in [0.1, 0.15) is 0 Å². The van der Waals surface area contributed by atoms with E-state index in [4.69, 9.17) is 0 Å². The van der Waals surface area contributed by atoms with Crippen molar-refractivity contribution in [1.29, 1.82) is 0 Å². The fourth-order valence-corrected chi connectivity index (χ4v) is 14.9. The van der Waals surface area contributed by atoms with Crippen LogP contribution in [0.4, 0.5) is 11.4 Å². The van der Waals surface area contributed by atoms with E-state index in [1.54, 1.807) is 0 Å². The normalized spacial score (nSPS) is 13.3. The largest absolute Gasteiger partial charge is 0.874 e. The molecule has 0 spiro atoms. The van der Waals surface area contributed by atoms with Crippen LogP contribution in [0, 0.1) is 0 Å².